The fourth-order valence-corrected chi connectivity index (χ4v) is 2.26. The van der Waals surface area contributed by atoms with Crippen LogP contribution < -0.4 is 0 Å². The molecule has 0 rings (SSSR count). The van der Waals surface area contributed by atoms with Gasteiger partial charge in [-0.2, -0.15) is 87.8 Å². The van der Waals surface area contributed by atoms with Gasteiger partial charge in [-0.3, -0.25) is 0 Å². The fraction of sp³-hybridized carbons (Fsp3) is 1.00. The number of halogens is 22. The van der Waals surface area contributed by atoms with Crippen molar-refractivity contribution in [3.63, 3.8) is 0 Å². The molecule has 0 saturated heterocycles. The Bertz CT molecular complexity index is 814. The molecule has 0 aliphatic carbocycles. The zero-order valence-electron chi connectivity index (χ0n) is 17.4. The summed E-state index contributed by atoms with van der Waals surface area (Å²) in [6.07, 6.45) is -8.94. The Labute approximate surface area is 195 Å². The first-order valence-corrected chi connectivity index (χ1v) is 8.89. The predicted molar refractivity (Wildman–Crippen MR) is 76.6 cm³/mol. The van der Waals surface area contributed by atoms with E-state index in [0.717, 1.165) is 6.92 Å². The van der Waals surface area contributed by atoms with E-state index in [4.69, 9.17) is 0 Å². The molecule has 23 heteroatoms. The van der Waals surface area contributed by atoms with Crippen LogP contribution in [0.4, 0.5) is 96.6 Å². The number of alkyl halides is 22. The second-order valence-corrected chi connectivity index (χ2v) is 7.17. The normalized spacial score (nSPS) is 16.4. The summed E-state index contributed by atoms with van der Waals surface area (Å²) in [5.74, 6) is -85.1. The van der Waals surface area contributed by atoms with Crippen LogP contribution in [0.3, 0.4) is 0 Å². The van der Waals surface area contributed by atoms with Gasteiger partial charge in [-0.1, -0.05) is 0 Å². The number of hydrogen-bond acceptors (Lipinski definition) is 1. The highest BCUT2D eigenvalue weighted by Gasteiger charge is 2.97. The van der Waals surface area contributed by atoms with Crippen molar-refractivity contribution in [3.05, 3.63) is 0 Å². The molecule has 0 aromatic heterocycles. The van der Waals surface area contributed by atoms with Gasteiger partial charge in [0.1, 0.15) is 0 Å². The lowest BCUT2D eigenvalue weighted by atomic mass is 9.85. The molecule has 0 aromatic carbocycles. The Kier molecular flexibility index (Phi) is 9.40. The van der Waals surface area contributed by atoms with Gasteiger partial charge in [0.05, 0.1) is 6.61 Å². The Morgan fingerprint density at radius 3 is 0.974 bits per heavy atom. The van der Waals surface area contributed by atoms with E-state index in [0.29, 0.717) is 0 Å². The van der Waals surface area contributed by atoms with E-state index >= 15 is 0 Å². The molecule has 38 heavy (non-hydrogen) atoms. The summed E-state index contributed by atoms with van der Waals surface area (Å²) >= 11 is 0. The third kappa shape index (κ3) is 4.60. The summed E-state index contributed by atoms with van der Waals surface area (Å²) in [6.45, 7) is -1.46. The molecular formula is C15H10F22O. The monoisotopic (exact) mass is 624 g/mol. The highest BCUT2D eigenvalue weighted by Crippen LogP contribution is 2.66. The first-order chi connectivity index (χ1) is 16.3. The van der Waals surface area contributed by atoms with Gasteiger partial charge in [-0.25, -0.2) is 8.78 Å². The SMILES string of the molecule is CCOCCC(F)(F)C(F)(F)C(F)(F)C(F)(F)C(F)(F)C(F)(F)C(F)(F)C(F)(F)C(F)(F)C(F)(F)C(F)F. The number of rotatable bonds is 14. The van der Waals surface area contributed by atoms with Crippen LogP contribution in [0.1, 0.15) is 13.3 Å². The molecule has 0 saturated carbocycles. The largest absolute Gasteiger partial charge is 0.385 e. The number of ether oxygens (including phenoxy) is 1. The van der Waals surface area contributed by atoms with Crippen LogP contribution in [0.2, 0.25) is 0 Å². The van der Waals surface area contributed by atoms with Gasteiger partial charge in [0.15, 0.2) is 0 Å². The molecule has 0 atom stereocenters. The molecule has 0 aliphatic rings. The highest BCUT2D eigenvalue weighted by molar-refractivity contribution is 5.18. The molecule has 230 valence electrons. The zero-order valence-corrected chi connectivity index (χ0v) is 17.4. The molecule has 0 aromatic rings. The van der Waals surface area contributed by atoms with Crippen molar-refractivity contribution in [3.8, 4) is 0 Å². The van der Waals surface area contributed by atoms with E-state index in [9.17, 15) is 96.6 Å². The van der Waals surface area contributed by atoms with Gasteiger partial charge in [0.2, 0.25) is 0 Å². The third-order valence-corrected chi connectivity index (χ3v) is 4.68. The van der Waals surface area contributed by atoms with E-state index < -0.39 is 85.3 Å². The molecule has 0 amide bonds. The summed E-state index contributed by atoms with van der Waals surface area (Å²) in [6, 6.07) is 0. The van der Waals surface area contributed by atoms with Crippen molar-refractivity contribution in [2.24, 2.45) is 0 Å². The molecule has 0 unspecified atom stereocenters. The van der Waals surface area contributed by atoms with E-state index in [1.54, 1.807) is 0 Å². The van der Waals surface area contributed by atoms with Gasteiger partial charge < -0.3 is 4.74 Å². The summed E-state index contributed by atoms with van der Waals surface area (Å²) in [5, 5.41) is 0. The van der Waals surface area contributed by atoms with E-state index in [2.05, 4.69) is 4.74 Å². The first-order valence-electron chi connectivity index (χ1n) is 8.89. The molecule has 0 heterocycles. The maximum Gasteiger partial charge on any atom is 0.385 e. The lowest BCUT2D eigenvalue weighted by Gasteiger charge is -2.45. The molecule has 0 bridgehead atoms. The van der Waals surface area contributed by atoms with Crippen LogP contribution in [-0.2, 0) is 4.74 Å². The molecule has 0 spiro atoms. The average molecular weight is 624 g/mol. The fourth-order valence-electron chi connectivity index (χ4n) is 2.26. The lowest BCUT2D eigenvalue weighted by Crippen LogP contribution is -2.77. The molecule has 0 N–H and O–H groups in total. The topological polar surface area (TPSA) is 9.23 Å². The minimum Gasteiger partial charge on any atom is -0.382 e. The lowest BCUT2D eigenvalue weighted by molar-refractivity contribution is -0.471. The van der Waals surface area contributed by atoms with Crippen molar-refractivity contribution < 1.29 is 101 Å². The van der Waals surface area contributed by atoms with Crippen molar-refractivity contribution in [2.75, 3.05) is 13.2 Å². The van der Waals surface area contributed by atoms with Crippen molar-refractivity contribution in [1.29, 1.82) is 0 Å². The highest BCUT2D eigenvalue weighted by atomic mass is 19.4. The smallest absolute Gasteiger partial charge is 0.382 e. The van der Waals surface area contributed by atoms with Crippen LogP contribution in [0.25, 0.3) is 0 Å². The van der Waals surface area contributed by atoms with E-state index in [1.807, 2.05) is 0 Å². The molecule has 0 aliphatic heterocycles. The Balaban J connectivity index is 6.99. The van der Waals surface area contributed by atoms with Crippen LogP contribution in [0, 0.1) is 0 Å². The van der Waals surface area contributed by atoms with E-state index in [1.165, 1.54) is 0 Å². The van der Waals surface area contributed by atoms with Gasteiger partial charge in [0, 0.05) is 13.0 Å². The second kappa shape index (κ2) is 9.81. The molecule has 0 fully saturated rings. The number of hydrogen-bond donors (Lipinski definition) is 0. The van der Waals surface area contributed by atoms with E-state index in [-0.39, 0.29) is 0 Å². The maximum atomic E-state index is 13.6. The standard InChI is InChI=1S/C15H10F22O/c1-2-38-4-3-6(18,19)8(22,23)10(26,27)12(30,31)14(34,35)15(36,37)13(32,33)11(28,29)9(24,25)7(20,21)5(16)17/h5H,2-4H2,1H3. The average Bonchev–Trinajstić information content (AvgIpc) is 2.72. The van der Waals surface area contributed by atoms with Crippen LogP contribution in [-0.4, -0.2) is 78.9 Å². The molecular weight excluding hydrogens is 614 g/mol. The van der Waals surface area contributed by atoms with Gasteiger partial charge in [-0.05, 0) is 6.92 Å². The summed E-state index contributed by atoms with van der Waals surface area (Å²) < 4.78 is 295. The third-order valence-electron chi connectivity index (χ3n) is 4.68. The Morgan fingerprint density at radius 2 is 0.711 bits per heavy atom. The summed E-state index contributed by atoms with van der Waals surface area (Å²) in [5.41, 5.74) is 0. The molecule has 1 nitrogen and oxygen atoms in total. The Morgan fingerprint density at radius 1 is 0.447 bits per heavy atom. The molecule has 0 radical (unpaired) electrons. The van der Waals surface area contributed by atoms with Gasteiger partial charge >= 0.3 is 65.7 Å². The van der Waals surface area contributed by atoms with Gasteiger partial charge in [-0.15, -0.1) is 0 Å². The van der Waals surface area contributed by atoms with Crippen molar-refractivity contribution in [2.45, 2.75) is 79.0 Å². The van der Waals surface area contributed by atoms with Crippen molar-refractivity contribution >= 4 is 0 Å². The van der Waals surface area contributed by atoms with Crippen LogP contribution >= 0.6 is 0 Å². The van der Waals surface area contributed by atoms with Crippen LogP contribution in [0.5, 0.6) is 0 Å². The Hall–Kier alpha value is -1.58. The first kappa shape index (κ1) is 36.4. The zero-order chi connectivity index (χ0) is 31.4. The predicted octanol–water partition coefficient (Wildman–Crippen LogP) is 8.03. The van der Waals surface area contributed by atoms with Crippen LogP contribution in [0.15, 0.2) is 0 Å². The summed E-state index contributed by atoms with van der Waals surface area (Å²) in [7, 11) is 0. The maximum absolute atomic E-state index is 13.6. The quantitative estimate of drug-likeness (QED) is 0.141. The minimum absolute atomic E-state index is 0.656. The second-order valence-electron chi connectivity index (χ2n) is 7.17. The van der Waals surface area contributed by atoms with Gasteiger partial charge in [0.25, 0.3) is 0 Å². The van der Waals surface area contributed by atoms with Crippen molar-refractivity contribution in [1.82, 2.24) is 0 Å². The summed E-state index contributed by atoms with van der Waals surface area (Å²) in [4.78, 5) is 0. The minimum atomic E-state index is -9.24.